The van der Waals surface area contributed by atoms with Gasteiger partial charge in [0.2, 0.25) is 0 Å². The summed E-state index contributed by atoms with van der Waals surface area (Å²) in [5.74, 6) is 0.159. The molecule has 0 amide bonds. The number of aromatic nitrogens is 2. The molecule has 5 nitrogen and oxygen atoms in total. The summed E-state index contributed by atoms with van der Waals surface area (Å²) < 4.78 is 13.2. The van der Waals surface area contributed by atoms with Crippen molar-refractivity contribution in [2.24, 2.45) is 0 Å². The largest absolute Gasteiger partial charge is 0.497 e. The van der Waals surface area contributed by atoms with Crippen LogP contribution in [-0.4, -0.2) is 34.4 Å². The second kappa shape index (κ2) is 4.86. The molecule has 1 aliphatic rings. The highest BCUT2D eigenvalue weighted by Gasteiger charge is 2.44. The first-order valence-electron chi connectivity index (χ1n) is 6.29. The van der Waals surface area contributed by atoms with Crippen molar-refractivity contribution in [3.8, 4) is 0 Å². The van der Waals surface area contributed by atoms with Gasteiger partial charge in [-0.15, -0.1) is 0 Å². The van der Waals surface area contributed by atoms with Crippen LogP contribution in [0.3, 0.4) is 0 Å². The van der Waals surface area contributed by atoms with Crippen LogP contribution in [0, 0.1) is 0 Å². The predicted octanol–water partition coefficient (Wildman–Crippen LogP) is 0.771. The van der Waals surface area contributed by atoms with Gasteiger partial charge in [-0.05, 0) is 20.8 Å². The maximum atomic E-state index is 11.3. The van der Waals surface area contributed by atoms with Gasteiger partial charge in [0.15, 0.2) is 5.78 Å². The van der Waals surface area contributed by atoms with Crippen molar-refractivity contribution in [1.82, 2.24) is 9.78 Å². The van der Waals surface area contributed by atoms with E-state index in [2.05, 4.69) is 5.10 Å². The van der Waals surface area contributed by atoms with Gasteiger partial charge in [-0.2, -0.15) is 5.10 Å². The van der Waals surface area contributed by atoms with Crippen molar-refractivity contribution in [3.63, 3.8) is 0 Å². The van der Waals surface area contributed by atoms with E-state index in [1.807, 2.05) is 33.9 Å². The van der Waals surface area contributed by atoms with Crippen molar-refractivity contribution in [3.05, 3.63) is 12.4 Å². The summed E-state index contributed by atoms with van der Waals surface area (Å²) >= 11 is 0. The van der Waals surface area contributed by atoms with E-state index < -0.39 is 0 Å². The molecule has 2 heterocycles. The van der Waals surface area contributed by atoms with Crippen molar-refractivity contribution in [1.29, 1.82) is 0 Å². The van der Waals surface area contributed by atoms with E-state index in [4.69, 9.17) is 9.31 Å². The van der Waals surface area contributed by atoms with Crippen LogP contribution in [-0.2, 0) is 20.6 Å². The Morgan fingerprint density at radius 2 is 2.33 bits per heavy atom. The molecule has 6 heteroatoms. The monoisotopic (exact) mass is 250 g/mol. The fourth-order valence-electron chi connectivity index (χ4n) is 1.78. The molecule has 0 bridgehead atoms. The topological polar surface area (TPSA) is 53.4 Å². The lowest BCUT2D eigenvalue weighted by Gasteiger charge is -2.21. The van der Waals surface area contributed by atoms with E-state index in [-0.39, 0.29) is 24.6 Å². The summed E-state index contributed by atoms with van der Waals surface area (Å²) in [7, 11) is -0.388. The van der Waals surface area contributed by atoms with Crippen molar-refractivity contribution in [2.45, 2.75) is 52.4 Å². The minimum Gasteiger partial charge on any atom is -0.402 e. The van der Waals surface area contributed by atoms with Crippen LogP contribution in [0.5, 0.6) is 0 Å². The second-order valence-corrected chi connectivity index (χ2v) is 5.20. The zero-order chi connectivity index (χ0) is 13.3. The Labute approximate surface area is 108 Å². The Morgan fingerprint density at radius 1 is 1.61 bits per heavy atom. The van der Waals surface area contributed by atoms with Gasteiger partial charge in [-0.25, -0.2) is 0 Å². The zero-order valence-corrected chi connectivity index (χ0v) is 11.3. The quantitative estimate of drug-likeness (QED) is 0.741. The molecule has 0 spiro atoms. The van der Waals surface area contributed by atoms with Gasteiger partial charge in [0, 0.05) is 24.3 Å². The molecular weight excluding hydrogens is 231 g/mol. The fraction of sp³-hybridized carbons (Fsp3) is 0.667. The Hall–Kier alpha value is -1.14. The van der Waals surface area contributed by atoms with Crippen LogP contribution in [0.4, 0.5) is 0 Å². The minimum atomic E-state index is -0.388. The molecule has 2 rings (SSSR count). The number of Topliss-reactive ketones (excluding diaryl/α,β-unsaturated/α-hetero) is 1. The number of carbonyl (C=O) groups excluding carboxylic acids is 1. The lowest BCUT2D eigenvalue weighted by molar-refractivity contribution is -0.119. The second-order valence-electron chi connectivity index (χ2n) is 5.20. The van der Waals surface area contributed by atoms with E-state index in [0.717, 1.165) is 5.46 Å². The summed E-state index contributed by atoms with van der Waals surface area (Å²) in [6.45, 7) is 8.15. The number of rotatable bonds is 4. The molecule has 1 fully saturated rings. The molecular formula is C12H19BN2O3. The Kier molecular flexibility index (Phi) is 3.59. The molecule has 98 valence electrons. The maximum Gasteiger partial charge on any atom is 0.497 e. The molecule has 1 saturated heterocycles. The number of ketones is 1. The van der Waals surface area contributed by atoms with Gasteiger partial charge in [-0.3, -0.25) is 9.48 Å². The van der Waals surface area contributed by atoms with Gasteiger partial charge in [0.1, 0.15) is 0 Å². The molecule has 18 heavy (non-hydrogen) atoms. The Bertz CT molecular complexity index is 444. The lowest BCUT2D eigenvalue weighted by Crippen LogP contribution is -2.34. The van der Waals surface area contributed by atoms with Crippen molar-refractivity contribution >= 4 is 18.4 Å². The summed E-state index contributed by atoms with van der Waals surface area (Å²) in [6, 6.07) is 0. The third-order valence-electron chi connectivity index (χ3n) is 3.38. The van der Waals surface area contributed by atoms with Crippen molar-refractivity contribution < 1.29 is 14.1 Å². The van der Waals surface area contributed by atoms with Crippen LogP contribution in [0.15, 0.2) is 12.4 Å². The predicted molar refractivity (Wildman–Crippen MR) is 68.6 cm³/mol. The highest BCUT2D eigenvalue weighted by Crippen LogP contribution is 2.26. The molecule has 0 aliphatic carbocycles. The minimum absolute atomic E-state index is 0.0307. The maximum absolute atomic E-state index is 11.3. The van der Waals surface area contributed by atoms with Gasteiger partial charge in [-0.1, -0.05) is 6.92 Å². The van der Waals surface area contributed by atoms with Crippen molar-refractivity contribution in [2.75, 3.05) is 0 Å². The van der Waals surface area contributed by atoms with Crippen LogP contribution >= 0.6 is 0 Å². The first-order chi connectivity index (χ1) is 8.42. The van der Waals surface area contributed by atoms with Gasteiger partial charge < -0.3 is 9.31 Å². The third-order valence-corrected chi connectivity index (χ3v) is 3.38. The van der Waals surface area contributed by atoms with E-state index >= 15 is 0 Å². The van der Waals surface area contributed by atoms with Gasteiger partial charge in [0.25, 0.3) is 0 Å². The number of hydrogen-bond acceptors (Lipinski definition) is 4. The van der Waals surface area contributed by atoms with Crippen LogP contribution in [0.1, 0.15) is 34.1 Å². The average molecular weight is 250 g/mol. The molecule has 1 aromatic heterocycles. The van der Waals surface area contributed by atoms with E-state index in [1.54, 1.807) is 10.9 Å². The van der Waals surface area contributed by atoms with Gasteiger partial charge >= 0.3 is 7.12 Å². The summed E-state index contributed by atoms with van der Waals surface area (Å²) in [6.07, 6.45) is 4.06. The van der Waals surface area contributed by atoms with Gasteiger partial charge in [0.05, 0.1) is 18.2 Å². The van der Waals surface area contributed by atoms with Crippen LogP contribution < -0.4 is 5.46 Å². The third kappa shape index (κ3) is 2.65. The first-order valence-corrected chi connectivity index (χ1v) is 6.29. The zero-order valence-electron chi connectivity index (χ0n) is 11.3. The molecule has 1 aliphatic heterocycles. The number of nitrogens with zero attached hydrogens (tertiary/aromatic N) is 2. The molecule has 0 saturated carbocycles. The highest BCUT2D eigenvalue weighted by molar-refractivity contribution is 6.61. The standard InChI is InChI=1S/C12H19BN2O3/c1-5-11(16)8-15-7-10(6-14-15)13-17-9(2)12(3,4)18-13/h6-7,9H,5,8H2,1-4H3. The SMILES string of the molecule is CCC(=O)Cn1cc(B2OC(C)C(C)(C)O2)cn1. The summed E-state index contributed by atoms with van der Waals surface area (Å²) in [5.41, 5.74) is 0.558. The smallest absolute Gasteiger partial charge is 0.402 e. The molecule has 1 atom stereocenters. The normalized spacial score (nSPS) is 22.4. The molecule has 0 aromatic carbocycles. The molecule has 1 unspecified atom stereocenters. The van der Waals surface area contributed by atoms with Crippen LogP contribution in [0.2, 0.25) is 0 Å². The van der Waals surface area contributed by atoms with Crippen LogP contribution in [0.25, 0.3) is 0 Å². The molecule has 0 radical (unpaired) electrons. The Balaban J connectivity index is 2.05. The summed E-state index contributed by atoms with van der Waals surface area (Å²) in [4.78, 5) is 11.3. The highest BCUT2D eigenvalue weighted by atomic mass is 16.7. The van der Waals surface area contributed by atoms with E-state index in [1.165, 1.54) is 0 Å². The Morgan fingerprint density at radius 3 is 2.89 bits per heavy atom. The lowest BCUT2D eigenvalue weighted by atomic mass is 9.82. The molecule has 0 N–H and O–H groups in total. The fourth-order valence-corrected chi connectivity index (χ4v) is 1.78. The average Bonchev–Trinajstić information content (AvgIpc) is 2.85. The van der Waals surface area contributed by atoms with E-state index in [0.29, 0.717) is 13.0 Å². The molecule has 1 aromatic rings. The summed E-state index contributed by atoms with van der Waals surface area (Å²) in [5, 5.41) is 4.16. The first kappa shape index (κ1) is 13.3. The van der Waals surface area contributed by atoms with E-state index in [9.17, 15) is 4.79 Å². The number of hydrogen-bond donors (Lipinski definition) is 0. The number of carbonyl (C=O) groups is 1.